The lowest BCUT2D eigenvalue weighted by molar-refractivity contribution is 0.0948. The van der Waals surface area contributed by atoms with Crippen LogP contribution in [-0.2, 0) is 4.74 Å². The van der Waals surface area contributed by atoms with Gasteiger partial charge in [-0.15, -0.1) is 0 Å². The van der Waals surface area contributed by atoms with Gasteiger partial charge < -0.3 is 14.8 Å². The Bertz CT molecular complexity index is 377. The van der Waals surface area contributed by atoms with Gasteiger partial charge in [0.1, 0.15) is 5.75 Å². The molecule has 0 atom stereocenters. The first-order valence-electron chi connectivity index (χ1n) is 6.17. The van der Waals surface area contributed by atoms with Crippen LogP contribution >= 0.6 is 0 Å². The topological polar surface area (TPSA) is 47.6 Å². The molecule has 1 amide bonds. The van der Waals surface area contributed by atoms with E-state index >= 15 is 0 Å². The van der Waals surface area contributed by atoms with Gasteiger partial charge in [-0.3, -0.25) is 4.79 Å². The lowest BCUT2D eigenvalue weighted by atomic mass is 10.2. The second-order valence-electron chi connectivity index (χ2n) is 4.30. The second-order valence-corrected chi connectivity index (χ2v) is 4.30. The van der Waals surface area contributed by atoms with Crippen LogP contribution in [0.25, 0.3) is 0 Å². The van der Waals surface area contributed by atoms with Crippen molar-refractivity contribution in [3.63, 3.8) is 0 Å². The van der Waals surface area contributed by atoms with Crippen LogP contribution in [0.15, 0.2) is 24.3 Å². The minimum atomic E-state index is -0.0830. The number of benzene rings is 1. The van der Waals surface area contributed by atoms with Crippen molar-refractivity contribution in [2.45, 2.75) is 26.4 Å². The molecule has 0 aromatic heterocycles. The number of hydrogen-bond donors (Lipinski definition) is 1. The maximum absolute atomic E-state index is 11.8. The normalized spacial score (nSPS) is 10.4. The Morgan fingerprint density at radius 1 is 1.39 bits per heavy atom. The first-order valence-corrected chi connectivity index (χ1v) is 6.17. The van der Waals surface area contributed by atoms with E-state index in [0.29, 0.717) is 18.7 Å². The zero-order valence-electron chi connectivity index (χ0n) is 11.2. The van der Waals surface area contributed by atoms with Crippen LogP contribution in [0.4, 0.5) is 0 Å². The molecule has 18 heavy (non-hydrogen) atoms. The molecule has 0 aliphatic rings. The zero-order chi connectivity index (χ0) is 13.4. The average molecular weight is 251 g/mol. The van der Waals surface area contributed by atoms with Crippen molar-refractivity contribution in [1.29, 1.82) is 0 Å². The van der Waals surface area contributed by atoms with Gasteiger partial charge in [0.2, 0.25) is 0 Å². The third kappa shape index (κ3) is 5.19. The van der Waals surface area contributed by atoms with Crippen LogP contribution in [0.3, 0.4) is 0 Å². The maximum Gasteiger partial charge on any atom is 0.251 e. The van der Waals surface area contributed by atoms with Crippen molar-refractivity contribution in [2.75, 3.05) is 20.3 Å². The van der Waals surface area contributed by atoms with Crippen molar-refractivity contribution in [3.8, 4) is 5.75 Å². The third-order valence-corrected chi connectivity index (χ3v) is 2.28. The van der Waals surface area contributed by atoms with Crippen LogP contribution in [0.1, 0.15) is 30.6 Å². The lowest BCUT2D eigenvalue weighted by Crippen LogP contribution is -2.25. The predicted molar refractivity (Wildman–Crippen MR) is 71.0 cm³/mol. The highest BCUT2D eigenvalue weighted by atomic mass is 16.5. The molecule has 0 spiro atoms. The predicted octanol–water partition coefficient (Wildman–Crippen LogP) is 2.24. The third-order valence-electron chi connectivity index (χ3n) is 2.28. The molecule has 4 heteroatoms. The highest BCUT2D eigenvalue weighted by Crippen LogP contribution is 2.14. The molecule has 4 nitrogen and oxygen atoms in total. The van der Waals surface area contributed by atoms with E-state index in [1.54, 1.807) is 19.2 Å². The minimum absolute atomic E-state index is 0.0830. The molecule has 0 bridgehead atoms. The smallest absolute Gasteiger partial charge is 0.251 e. The van der Waals surface area contributed by atoms with E-state index in [1.165, 1.54) is 0 Å². The number of amides is 1. The molecular formula is C14H21NO3. The summed E-state index contributed by atoms with van der Waals surface area (Å²) >= 11 is 0. The van der Waals surface area contributed by atoms with Crippen molar-refractivity contribution >= 4 is 5.91 Å². The van der Waals surface area contributed by atoms with E-state index in [1.807, 2.05) is 26.0 Å². The standard InChI is InChI=1S/C14H21NO3/c1-11(2)18-13-7-4-6-12(10-13)14(16)15-8-5-9-17-3/h4,6-7,10-11H,5,8-9H2,1-3H3,(H,15,16). The summed E-state index contributed by atoms with van der Waals surface area (Å²) in [6, 6.07) is 7.20. The fourth-order valence-electron chi connectivity index (χ4n) is 1.50. The molecule has 1 N–H and O–H groups in total. The van der Waals surface area contributed by atoms with Crippen LogP contribution < -0.4 is 10.1 Å². The van der Waals surface area contributed by atoms with Crippen molar-refractivity contribution in [1.82, 2.24) is 5.32 Å². The summed E-state index contributed by atoms with van der Waals surface area (Å²) in [4.78, 5) is 11.8. The number of methoxy groups -OCH3 is 1. The van der Waals surface area contributed by atoms with Gasteiger partial charge >= 0.3 is 0 Å². The summed E-state index contributed by atoms with van der Waals surface area (Å²) < 4.78 is 10.5. The Labute approximate surface area is 108 Å². The number of nitrogens with one attached hydrogen (secondary N) is 1. The molecule has 1 rings (SSSR count). The van der Waals surface area contributed by atoms with Crippen molar-refractivity contribution < 1.29 is 14.3 Å². The average Bonchev–Trinajstić information content (AvgIpc) is 2.34. The maximum atomic E-state index is 11.8. The first kappa shape index (κ1) is 14.5. The molecule has 0 unspecified atom stereocenters. The summed E-state index contributed by atoms with van der Waals surface area (Å²) in [6.07, 6.45) is 0.912. The van der Waals surface area contributed by atoms with Crippen LogP contribution in [-0.4, -0.2) is 32.3 Å². The Balaban J connectivity index is 2.51. The molecule has 0 aliphatic heterocycles. The molecule has 0 aliphatic carbocycles. The van der Waals surface area contributed by atoms with Gasteiger partial charge in [-0.05, 0) is 38.5 Å². The van der Waals surface area contributed by atoms with E-state index in [9.17, 15) is 4.79 Å². The summed E-state index contributed by atoms with van der Waals surface area (Å²) in [6.45, 7) is 5.17. The molecule has 0 fully saturated rings. The molecule has 100 valence electrons. The molecule has 0 radical (unpaired) electrons. The largest absolute Gasteiger partial charge is 0.491 e. The van der Waals surface area contributed by atoms with Crippen molar-refractivity contribution in [3.05, 3.63) is 29.8 Å². The van der Waals surface area contributed by atoms with Crippen LogP contribution in [0.2, 0.25) is 0 Å². The molecule has 1 aromatic rings. The zero-order valence-corrected chi connectivity index (χ0v) is 11.2. The summed E-state index contributed by atoms with van der Waals surface area (Å²) in [5, 5.41) is 2.84. The van der Waals surface area contributed by atoms with Crippen LogP contribution in [0.5, 0.6) is 5.75 Å². The van der Waals surface area contributed by atoms with E-state index in [4.69, 9.17) is 9.47 Å². The van der Waals surface area contributed by atoms with Crippen molar-refractivity contribution in [2.24, 2.45) is 0 Å². The van der Waals surface area contributed by atoms with E-state index < -0.39 is 0 Å². The van der Waals surface area contributed by atoms with Gasteiger partial charge in [0.25, 0.3) is 5.91 Å². The Kier molecular flexibility index (Phi) is 6.22. The Morgan fingerprint density at radius 3 is 2.83 bits per heavy atom. The van der Waals surface area contributed by atoms with E-state index in [0.717, 1.165) is 12.2 Å². The lowest BCUT2D eigenvalue weighted by Gasteiger charge is -2.11. The van der Waals surface area contributed by atoms with Gasteiger partial charge in [0.05, 0.1) is 6.10 Å². The SMILES string of the molecule is COCCCNC(=O)c1cccc(OC(C)C)c1. The van der Waals surface area contributed by atoms with E-state index in [2.05, 4.69) is 5.32 Å². The fourth-order valence-corrected chi connectivity index (χ4v) is 1.50. The van der Waals surface area contributed by atoms with Gasteiger partial charge in [0, 0.05) is 25.8 Å². The first-order chi connectivity index (χ1) is 8.63. The van der Waals surface area contributed by atoms with Gasteiger partial charge in [-0.2, -0.15) is 0 Å². The highest BCUT2D eigenvalue weighted by molar-refractivity contribution is 5.94. The summed E-state index contributed by atoms with van der Waals surface area (Å²) in [7, 11) is 1.65. The monoisotopic (exact) mass is 251 g/mol. The number of rotatable bonds is 7. The molecule has 1 aromatic carbocycles. The summed E-state index contributed by atoms with van der Waals surface area (Å²) in [5.74, 6) is 0.634. The minimum Gasteiger partial charge on any atom is -0.491 e. The Hall–Kier alpha value is -1.55. The van der Waals surface area contributed by atoms with E-state index in [-0.39, 0.29) is 12.0 Å². The highest BCUT2D eigenvalue weighted by Gasteiger charge is 2.06. The molecule has 0 heterocycles. The van der Waals surface area contributed by atoms with Gasteiger partial charge in [-0.25, -0.2) is 0 Å². The van der Waals surface area contributed by atoms with Gasteiger partial charge in [-0.1, -0.05) is 6.07 Å². The number of carbonyl (C=O) groups excluding carboxylic acids is 1. The van der Waals surface area contributed by atoms with Crippen LogP contribution in [0, 0.1) is 0 Å². The second kappa shape index (κ2) is 7.71. The van der Waals surface area contributed by atoms with Gasteiger partial charge in [0.15, 0.2) is 0 Å². The fraction of sp³-hybridized carbons (Fsp3) is 0.500. The molecule has 0 saturated heterocycles. The molecule has 0 saturated carbocycles. The quantitative estimate of drug-likeness (QED) is 0.756. The summed E-state index contributed by atoms with van der Waals surface area (Å²) in [5.41, 5.74) is 0.616. The number of hydrogen-bond acceptors (Lipinski definition) is 3. The number of ether oxygens (including phenoxy) is 2. The molecular weight excluding hydrogens is 230 g/mol. The number of carbonyl (C=O) groups is 1. The Morgan fingerprint density at radius 2 is 2.17 bits per heavy atom.